The molecule has 10 heteroatoms. The zero-order valence-electron chi connectivity index (χ0n) is 15.7. The number of halogens is 2. The highest BCUT2D eigenvalue weighted by atomic mass is 35.5. The van der Waals surface area contributed by atoms with Gasteiger partial charge in [-0.25, -0.2) is 5.43 Å². The van der Waals surface area contributed by atoms with Gasteiger partial charge in [0.15, 0.2) is 6.61 Å². The Morgan fingerprint density at radius 1 is 1.03 bits per heavy atom. The lowest BCUT2D eigenvalue weighted by Crippen LogP contribution is -2.37. The zero-order valence-corrected chi connectivity index (χ0v) is 17.2. The number of hydrogen-bond donors (Lipinski definition) is 3. The number of nitrogens with one attached hydrogen (secondary N) is 3. The van der Waals surface area contributed by atoms with Gasteiger partial charge in [0.1, 0.15) is 5.75 Å². The molecule has 0 aliphatic heterocycles. The summed E-state index contributed by atoms with van der Waals surface area (Å²) < 4.78 is 5.41. The van der Waals surface area contributed by atoms with E-state index in [1.54, 1.807) is 36.4 Å². The Morgan fingerprint density at radius 3 is 2.43 bits per heavy atom. The van der Waals surface area contributed by atoms with Gasteiger partial charge in [-0.05, 0) is 48.0 Å². The highest BCUT2D eigenvalue weighted by Gasteiger charge is 2.10. The van der Waals surface area contributed by atoms with E-state index in [-0.39, 0.29) is 19.1 Å². The molecule has 0 spiro atoms. The summed E-state index contributed by atoms with van der Waals surface area (Å²) in [7, 11) is 0. The molecular formula is C20H18Cl2N4O4. The van der Waals surface area contributed by atoms with Crippen molar-refractivity contribution >= 4 is 52.8 Å². The number of carbonyl (C=O) groups is 3. The molecule has 3 N–H and O–H groups in total. The fraction of sp³-hybridized carbons (Fsp3) is 0.100. The van der Waals surface area contributed by atoms with Gasteiger partial charge >= 0.3 is 11.8 Å². The lowest BCUT2D eigenvalue weighted by molar-refractivity contribution is -0.139. The van der Waals surface area contributed by atoms with Gasteiger partial charge in [-0.15, -0.1) is 6.58 Å². The van der Waals surface area contributed by atoms with Crippen LogP contribution in [0.4, 0.5) is 5.69 Å². The Labute approximate surface area is 182 Å². The molecule has 0 saturated carbocycles. The topological polar surface area (TPSA) is 109 Å². The van der Waals surface area contributed by atoms with Crippen LogP contribution < -0.4 is 20.8 Å². The van der Waals surface area contributed by atoms with Crippen molar-refractivity contribution in [3.63, 3.8) is 0 Å². The quantitative estimate of drug-likeness (QED) is 0.249. The van der Waals surface area contributed by atoms with E-state index in [9.17, 15) is 14.4 Å². The maximum atomic E-state index is 12.0. The molecule has 0 aliphatic rings. The Balaban J connectivity index is 1.79. The minimum Gasteiger partial charge on any atom is -0.484 e. The van der Waals surface area contributed by atoms with Crippen molar-refractivity contribution in [2.75, 3.05) is 18.5 Å². The number of nitrogens with zero attached hydrogens (tertiary/aromatic N) is 1. The van der Waals surface area contributed by atoms with Gasteiger partial charge in [0.25, 0.3) is 5.91 Å². The van der Waals surface area contributed by atoms with Crippen molar-refractivity contribution in [1.29, 1.82) is 0 Å². The smallest absolute Gasteiger partial charge is 0.329 e. The van der Waals surface area contributed by atoms with E-state index in [0.29, 0.717) is 27.0 Å². The lowest BCUT2D eigenvalue weighted by Gasteiger charge is -2.08. The molecule has 0 atom stereocenters. The van der Waals surface area contributed by atoms with Crippen LogP contribution in [0.25, 0.3) is 0 Å². The highest BCUT2D eigenvalue weighted by Crippen LogP contribution is 2.24. The van der Waals surface area contributed by atoms with Crippen LogP contribution in [0.1, 0.15) is 5.56 Å². The van der Waals surface area contributed by atoms with Crippen molar-refractivity contribution in [1.82, 2.24) is 10.7 Å². The molecule has 2 aromatic carbocycles. The van der Waals surface area contributed by atoms with Crippen LogP contribution in [0.3, 0.4) is 0 Å². The number of ether oxygens (including phenoxy) is 1. The molecule has 30 heavy (non-hydrogen) atoms. The summed E-state index contributed by atoms with van der Waals surface area (Å²) in [5, 5.41) is 9.40. The molecule has 0 aromatic heterocycles. The van der Waals surface area contributed by atoms with Gasteiger partial charge in [-0.2, -0.15) is 5.10 Å². The normalized spacial score (nSPS) is 10.3. The molecule has 8 nitrogen and oxygen atoms in total. The van der Waals surface area contributed by atoms with E-state index < -0.39 is 11.8 Å². The van der Waals surface area contributed by atoms with E-state index in [0.717, 1.165) is 0 Å². The van der Waals surface area contributed by atoms with Crippen molar-refractivity contribution < 1.29 is 19.1 Å². The maximum absolute atomic E-state index is 12.0. The van der Waals surface area contributed by atoms with E-state index in [2.05, 4.69) is 27.7 Å². The van der Waals surface area contributed by atoms with Crippen LogP contribution in [0.5, 0.6) is 5.75 Å². The first-order valence-corrected chi connectivity index (χ1v) is 9.34. The summed E-state index contributed by atoms with van der Waals surface area (Å²) >= 11 is 11.7. The number of rotatable bonds is 8. The van der Waals surface area contributed by atoms with Crippen LogP contribution in [0.2, 0.25) is 10.0 Å². The highest BCUT2D eigenvalue weighted by molar-refractivity contribution is 6.42. The molecule has 0 unspecified atom stereocenters. The second kappa shape index (κ2) is 11.6. The Kier molecular flexibility index (Phi) is 8.86. The first-order chi connectivity index (χ1) is 14.4. The van der Waals surface area contributed by atoms with Crippen LogP contribution in [-0.4, -0.2) is 37.1 Å². The van der Waals surface area contributed by atoms with Crippen LogP contribution >= 0.6 is 23.2 Å². The second-order valence-electron chi connectivity index (χ2n) is 5.73. The number of carbonyl (C=O) groups excluding carboxylic acids is 3. The molecule has 0 aliphatic carbocycles. The molecule has 2 aromatic rings. The average molecular weight is 449 g/mol. The third kappa shape index (κ3) is 7.57. The van der Waals surface area contributed by atoms with Gasteiger partial charge in [-0.1, -0.05) is 29.3 Å². The minimum atomic E-state index is -0.888. The fourth-order valence-electron chi connectivity index (χ4n) is 2.03. The monoisotopic (exact) mass is 448 g/mol. The van der Waals surface area contributed by atoms with Crippen LogP contribution in [-0.2, 0) is 14.4 Å². The summed E-state index contributed by atoms with van der Waals surface area (Å²) in [6, 6.07) is 11.3. The summed E-state index contributed by atoms with van der Waals surface area (Å²) in [6.07, 6.45) is 2.81. The predicted octanol–water partition coefficient (Wildman–Crippen LogP) is 2.76. The molecule has 0 bridgehead atoms. The minimum absolute atomic E-state index is 0.183. The molecule has 3 amide bonds. The number of hydrogen-bond acceptors (Lipinski definition) is 5. The fourth-order valence-corrected chi connectivity index (χ4v) is 2.33. The summed E-state index contributed by atoms with van der Waals surface area (Å²) in [4.78, 5) is 34.8. The van der Waals surface area contributed by atoms with E-state index in [4.69, 9.17) is 27.9 Å². The van der Waals surface area contributed by atoms with Gasteiger partial charge in [0.05, 0.1) is 16.3 Å². The summed E-state index contributed by atoms with van der Waals surface area (Å²) in [6.45, 7) is 3.41. The van der Waals surface area contributed by atoms with E-state index in [1.807, 2.05) is 0 Å². The van der Waals surface area contributed by atoms with E-state index >= 15 is 0 Å². The first-order valence-electron chi connectivity index (χ1n) is 8.59. The van der Waals surface area contributed by atoms with Crippen molar-refractivity contribution in [3.8, 4) is 5.75 Å². The Bertz CT molecular complexity index is 962. The SMILES string of the molecule is C=CCNC(=O)C(=O)NN=Cc1ccc(OCC(=O)Nc2ccc(Cl)c(Cl)c2)cc1. The standard InChI is InChI=1S/C20H18Cl2N4O4/c1-2-9-23-19(28)20(29)26-24-11-13-3-6-15(7-4-13)30-12-18(27)25-14-5-8-16(21)17(22)10-14/h2-8,10-11H,1,9,12H2,(H,23,28)(H,25,27)(H,26,29). The van der Waals surface area contributed by atoms with Crippen LogP contribution in [0, 0.1) is 0 Å². The molecular weight excluding hydrogens is 431 g/mol. The Morgan fingerprint density at radius 2 is 1.77 bits per heavy atom. The third-order valence-corrected chi connectivity index (χ3v) is 4.19. The molecule has 156 valence electrons. The van der Waals surface area contributed by atoms with Crippen molar-refractivity contribution in [2.45, 2.75) is 0 Å². The summed E-state index contributed by atoms with van der Waals surface area (Å²) in [5.41, 5.74) is 3.26. The van der Waals surface area contributed by atoms with E-state index in [1.165, 1.54) is 18.4 Å². The lowest BCUT2D eigenvalue weighted by atomic mass is 10.2. The number of benzene rings is 2. The number of anilines is 1. The number of hydrazone groups is 1. The summed E-state index contributed by atoms with van der Waals surface area (Å²) in [5.74, 6) is -1.60. The molecule has 0 saturated heterocycles. The number of amides is 3. The van der Waals surface area contributed by atoms with Crippen molar-refractivity contribution in [2.24, 2.45) is 5.10 Å². The first kappa shape index (κ1) is 22.9. The van der Waals surface area contributed by atoms with Gasteiger partial charge < -0.3 is 15.4 Å². The van der Waals surface area contributed by atoms with Crippen molar-refractivity contribution in [3.05, 3.63) is 70.7 Å². The molecule has 0 heterocycles. The zero-order chi connectivity index (χ0) is 21.9. The van der Waals surface area contributed by atoms with Gasteiger partial charge in [0.2, 0.25) is 0 Å². The van der Waals surface area contributed by atoms with Crippen LogP contribution in [0.15, 0.2) is 60.2 Å². The average Bonchev–Trinajstić information content (AvgIpc) is 2.74. The second-order valence-corrected chi connectivity index (χ2v) is 6.55. The molecule has 0 fully saturated rings. The maximum Gasteiger partial charge on any atom is 0.329 e. The largest absolute Gasteiger partial charge is 0.484 e. The van der Waals surface area contributed by atoms with Gasteiger partial charge in [-0.3, -0.25) is 14.4 Å². The third-order valence-electron chi connectivity index (χ3n) is 3.45. The molecule has 0 radical (unpaired) electrons. The predicted molar refractivity (Wildman–Crippen MR) is 116 cm³/mol. The molecule has 2 rings (SSSR count). The Hall–Kier alpha value is -3.36. The van der Waals surface area contributed by atoms with Gasteiger partial charge in [0, 0.05) is 12.2 Å².